The van der Waals surface area contributed by atoms with Crippen LogP contribution in [0.5, 0.6) is 11.5 Å². The Bertz CT molecular complexity index is 988. The van der Waals surface area contributed by atoms with Gasteiger partial charge in [-0.2, -0.15) is 0 Å². The lowest BCUT2D eigenvalue weighted by Crippen LogP contribution is -2.34. The van der Waals surface area contributed by atoms with E-state index in [1.165, 1.54) is 30.2 Å². The average Bonchev–Trinajstić information content (AvgIpc) is 3.52. The first-order chi connectivity index (χ1) is 14.3. The van der Waals surface area contributed by atoms with E-state index in [1.54, 1.807) is 7.05 Å². The van der Waals surface area contributed by atoms with Crippen LogP contribution in [0.3, 0.4) is 0 Å². The molecule has 30 heavy (non-hydrogen) atoms. The summed E-state index contributed by atoms with van der Waals surface area (Å²) in [4.78, 5) is 14.1. The number of benzene rings is 2. The maximum absolute atomic E-state index is 12.6. The highest BCUT2D eigenvalue weighted by molar-refractivity contribution is 7.89. The molecule has 2 N–H and O–H groups in total. The summed E-state index contributed by atoms with van der Waals surface area (Å²) in [5.74, 6) is 1.11. The molecule has 2 aromatic carbocycles. The van der Waals surface area contributed by atoms with Crippen LogP contribution in [0.2, 0.25) is 0 Å². The normalized spacial score (nSPS) is 13.6. The average molecular weight is 434 g/mol. The van der Waals surface area contributed by atoms with Gasteiger partial charge in [-0.15, -0.1) is 0 Å². The molecule has 1 saturated carbocycles. The molecule has 0 spiro atoms. The number of sulfonamides is 1. The third kappa shape index (κ3) is 5.87. The van der Waals surface area contributed by atoms with Gasteiger partial charge in [-0.3, -0.25) is 0 Å². The minimum Gasteiger partial charge on any atom is -0.495 e. The predicted molar refractivity (Wildman–Crippen MR) is 115 cm³/mol. The molecule has 3 rings (SSSR count). The first kappa shape index (κ1) is 21.9. The summed E-state index contributed by atoms with van der Waals surface area (Å²) in [6.45, 7) is 2.67. The Morgan fingerprint density at radius 3 is 2.50 bits per heavy atom. The summed E-state index contributed by atoms with van der Waals surface area (Å²) in [5.41, 5.74) is 1.43. The third-order valence-electron chi connectivity index (χ3n) is 4.69. The molecule has 9 heteroatoms. The number of carbonyl (C=O) groups is 1. The fourth-order valence-electron chi connectivity index (χ4n) is 2.69. The van der Waals surface area contributed by atoms with Crippen molar-refractivity contribution in [3.63, 3.8) is 0 Å². The van der Waals surface area contributed by atoms with Gasteiger partial charge in [0.05, 0.1) is 24.2 Å². The second-order valence-electron chi connectivity index (χ2n) is 7.27. The Balaban J connectivity index is 1.61. The zero-order valence-electron chi connectivity index (χ0n) is 17.3. The van der Waals surface area contributed by atoms with Crippen LogP contribution in [0.4, 0.5) is 10.5 Å². The molecule has 0 saturated heterocycles. The Kier molecular flexibility index (Phi) is 6.84. The summed E-state index contributed by atoms with van der Waals surface area (Å²) in [5, 5.41) is 2.71. The number of methoxy groups -OCH3 is 1. The molecule has 0 radical (unpaired) electrons. The minimum absolute atomic E-state index is 0.00481. The number of ether oxygens (including phenoxy) is 2. The lowest BCUT2D eigenvalue weighted by Gasteiger charge is -2.19. The molecule has 0 aliphatic heterocycles. The van der Waals surface area contributed by atoms with Crippen molar-refractivity contribution in [3.05, 3.63) is 48.0 Å². The van der Waals surface area contributed by atoms with Crippen LogP contribution in [0, 0.1) is 6.92 Å². The smallest absolute Gasteiger partial charge is 0.321 e. The van der Waals surface area contributed by atoms with E-state index < -0.39 is 16.1 Å². The molecule has 162 valence electrons. The molecule has 0 aromatic heterocycles. The highest BCUT2D eigenvalue weighted by Gasteiger charge is 2.28. The summed E-state index contributed by atoms with van der Waals surface area (Å²) >= 11 is 0. The zero-order valence-corrected chi connectivity index (χ0v) is 18.2. The van der Waals surface area contributed by atoms with Gasteiger partial charge in [-0.05, 0) is 50.1 Å². The molecule has 2 amide bonds. The number of amides is 2. The Morgan fingerprint density at radius 2 is 1.87 bits per heavy atom. The Morgan fingerprint density at radius 1 is 1.17 bits per heavy atom. The molecule has 1 aliphatic rings. The standard InChI is InChI=1S/C21H27N3O5S/c1-15-4-8-17(9-5-15)29-13-12-24(2)21(25)22-19-14-18(10-11-20(19)28-3)30(26,27)23-16-6-7-16/h4-5,8-11,14,16,23H,6-7,12-13H2,1-3H3,(H,22,25). The van der Waals surface area contributed by atoms with Crippen LogP contribution in [-0.2, 0) is 10.0 Å². The number of likely N-dealkylation sites (N-methyl/N-ethyl adjacent to an activating group) is 1. The number of nitrogens with one attached hydrogen (secondary N) is 2. The maximum atomic E-state index is 12.6. The number of carbonyl (C=O) groups excluding carboxylic acids is 1. The maximum Gasteiger partial charge on any atom is 0.321 e. The lowest BCUT2D eigenvalue weighted by atomic mass is 10.2. The lowest BCUT2D eigenvalue weighted by molar-refractivity contribution is 0.207. The van der Waals surface area contributed by atoms with E-state index >= 15 is 0 Å². The fourth-order valence-corrected chi connectivity index (χ4v) is 4.02. The largest absolute Gasteiger partial charge is 0.495 e. The van der Waals surface area contributed by atoms with Gasteiger partial charge in [0.15, 0.2) is 0 Å². The quantitative estimate of drug-likeness (QED) is 0.634. The molecule has 1 fully saturated rings. The van der Waals surface area contributed by atoms with E-state index in [4.69, 9.17) is 9.47 Å². The third-order valence-corrected chi connectivity index (χ3v) is 6.20. The van der Waals surface area contributed by atoms with Gasteiger partial charge in [-0.25, -0.2) is 17.9 Å². The molecule has 0 atom stereocenters. The molecular formula is C21H27N3O5S. The van der Waals surface area contributed by atoms with E-state index in [9.17, 15) is 13.2 Å². The van der Waals surface area contributed by atoms with Crippen molar-refractivity contribution in [2.75, 3.05) is 32.6 Å². The number of hydrogen-bond acceptors (Lipinski definition) is 5. The van der Waals surface area contributed by atoms with Crippen molar-refractivity contribution in [2.24, 2.45) is 0 Å². The van der Waals surface area contributed by atoms with Crippen LogP contribution >= 0.6 is 0 Å². The summed E-state index contributed by atoms with van der Waals surface area (Å²) in [6, 6.07) is 11.6. The molecule has 1 aliphatic carbocycles. The van der Waals surface area contributed by atoms with Crippen molar-refractivity contribution in [1.82, 2.24) is 9.62 Å². The van der Waals surface area contributed by atoms with Gasteiger partial charge in [0.1, 0.15) is 18.1 Å². The van der Waals surface area contributed by atoms with Crippen LogP contribution in [0.1, 0.15) is 18.4 Å². The molecule has 2 aromatic rings. The van der Waals surface area contributed by atoms with Gasteiger partial charge >= 0.3 is 6.03 Å². The highest BCUT2D eigenvalue weighted by atomic mass is 32.2. The van der Waals surface area contributed by atoms with Crippen LogP contribution < -0.4 is 19.5 Å². The minimum atomic E-state index is -3.64. The molecule has 8 nitrogen and oxygen atoms in total. The van der Waals surface area contributed by atoms with Crippen LogP contribution in [0.15, 0.2) is 47.4 Å². The Hall–Kier alpha value is -2.78. The molecule has 0 heterocycles. The van der Waals surface area contributed by atoms with Crippen molar-refractivity contribution in [1.29, 1.82) is 0 Å². The summed E-state index contributed by atoms with van der Waals surface area (Å²) in [7, 11) is -0.545. The summed E-state index contributed by atoms with van der Waals surface area (Å²) in [6.07, 6.45) is 1.68. The number of hydrogen-bond donors (Lipinski definition) is 2. The van der Waals surface area contributed by atoms with Crippen molar-refractivity contribution < 1.29 is 22.7 Å². The van der Waals surface area contributed by atoms with Gasteiger partial charge in [-0.1, -0.05) is 17.7 Å². The molecule has 0 bridgehead atoms. The van der Waals surface area contributed by atoms with Gasteiger partial charge < -0.3 is 19.7 Å². The van der Waals surface area contributed by atoms with E-state index in [-0.39, 0.29) is 16.6 Å². The number of aryl methyl sites for hydroxylation is 1. The van der Waals surface area contributed by atoms with E-state index in [0.717, 1.165) is 24.2 Å². The van der Waals surface area contributed by atoms with E-state index in [1.807, 2.05) is 31.2 Å². The number of anilines is 1. The van der Waals surface area contributed by atoms with Gasteiger partial charge in [0.25, 0.3) is 0 Å². The molecule has 0 unspecified atom stereocenters. The van der Waals surface area contributed by atoms with Gasteiger partial charge in [0, 0.05) is 13.1 Å². The first-order valence-corrected chi connectivity index (χ1v) is 11.2. The van der Waals surface area contributed by atoms with Crippen molar-refractivity contribution in [3.8, 4) is 11.5 Å². The Labute approximate surface area is 177 Å². The monoisotopic (exact) mass is 433 g/mol. The van der Waals surface area contributed by atoms with Crippen LogP contribution in [-0.4, -0.2) is 52.7 Å². The number of urea groups is 1. The fraction of sp³-hybridized carbons (Fsp3) is 0.381. The predicted octanol–water partition coefficient (Wildman–Crippen LogP) is 2.99. The van der Waals surface area contributed by atoms with Crippen LogP contribution in [0.25, 0.3) is 0 Å². The first-order valence-electron chi connectivity index (χ1n) is 9.70. The summed E-state index contributed by atoms with van der Waals surface area (Å²) < 4.78 is 38.5. The van der Waals surface area contributed by atoms with Gasteiger partial charge in [0.2, 0.25) is 10.0 Å². The molecular weight excluding hydrogens is 406 g/mol. The van der Waals surface area contributed by atoms with Crippen molar-refractivity contribution >= 4 is 21.7 Å². The van der Waals surface area contributed by atoms with Crippen molar-refractivity contribution in [2.45, 2.75) is 30.7 Å². The highest BCUT2D eigenvalue weighted by Crippen LogP contribution is 2.29. The zero-order chi connectivity index (χ0) is 21.7. The second-order valence-corrected chi connectivity index (χ2v) is 8.98. The number of nitrogens with zero attached hydrogens (tertiary/aromatic N) is 1. The SMILES string of the molecule is COc1ccc(S(=O)(=O)NC2CC2)cc1NC(=O)N(C)CCOc1ccc(C)cc1. The topological polar surface area (TPSA) is 97.0 Å². The second kappa shape index (κ2) is 9.36. The number of rotatable bonds is 9. The van der Waals surface area contributed by atoms with E-state index in [0.29, 0.717) is 18.9 Å². The van der Waals surface area contributed by atoms with E-state index in [2.05, 4.69) is 10.0 Å².